The summed E-state index contributed by atoms with van der Waals surface area (Å²) in [5.41, 5.74) is 1.89. The highest BCUT2D eigenvalue weighted by Gasteiger charge is 2.25. The lowest BCUT2D eigenvalue weighted by Gasteiger charge is -2.23. The zero-order chi connectivity index (χ0) is 23.4. The van der Waals surface area contributed by atoms with Gasteiger partial charge in [-0.15, -0.1) is 0 Å². The molecule has 1 N–H and O–H groups in total. The highest BCUT2D eigenvalue weighted by molar-refractivity contribution is 7.92. The average Bonchev–Trinajstić information content (AvgIpc) is 3.22. The molecule has 33 heavy (non-hydrogen) atoms. The lowest BCUT2D eigenvalue weighted by molar-refractivity contribution is -0.115. The van der Waals surface area contributed by atoms with E-state index in [9.17, 15) is 13.2 Å². The van der Waals surface area contributed by atoms with Crippen LogP contribution in [0.15, 0.2) is 82.2 Å². The van der Waals surface area contributed by atoms with Crippen molar-refractivity contribution >= 4 is 38.3 Å². The van der Waals surface area contributed by atoms with Crippen molar-refractivity contribution in [2.75, 3.05) is 23.3 Å². The Bertz CT molecular complexity index is 1380. The van der Waals surface area contributed by atoms with Crippen LogP contribution in [-0.4, -0.2) is 33.1 Å². The standard InChI is InChI=1S/C24H23N3O5S/c1-3-27(17-9-5-4-6-10-17)33(29,30)18-13-14-23(31-2)21(15-18)25-24(28)16-20-19-11-7-8-12-22(19)32-26-20/h4-15H,3,16H2,1-2H3,(H,25,28). The molecule has 1 amide bonds. The number of para-hydroxylation sites is 2. The van der Waals surface area contributed by atoms with Gasteiger partial charge in [0.2, 0.25) is 5.91 Å². The fraction of sp³-hybridized carbons (Fsp3) is 0.167. The number of carbonyl (C=O) groups excluding carboxylic acids is 1. The Morgan fingerprint density at radius 3 is 2.52 bits per heavy atom. The second-order valence-corrected chi connectivity index (χ2v) is 9.08. The van der Waals surface area contributed by atoms with Gasteiger partial charge in [0.1, 0.15) is 11.4 Å². The summed E-state index contributed by atoms with van der Waals surface area (Å²) in [6.45, 7) is 2.01. The van der Waals surface area contributed by atoms with Crippen molar-refractivity contribution in [1.82, 2.24) is 5.16 Å². The van der Waals surface area contributed by atoms with E-state index in [4.69, 9.17) is 9.26 Å². The van der Waals surface area contributed by atoms with Crippen LogP contribution in [-0.2, 0) is 21.2 Å². The number of benzene rings is 3. The van der Waals surface area contributed by atoms with E-state index in [1.165, 1.54) is 29.6 Å². The molecule has 3 aromatic carbocycles. The lowest BCUT2D eigenvalue weighted by Crippen LogP contribution is -2.30. The number of aromatic nitrogens is 1. The SMILES string of the molecule is CCN(c1ccccc1)S(=O)(=O)c1ccc(OC)c(NC(=O)Cc2noc3ccccc23)c1. The van der Waals surface area contributed by atoms with E-state index in [0.717, 1.165) is 5.39 Å². The summed E-state index contributed by atoms with van der Waals surface area (Å²) in [7, 11) is -2.42. The van der Waals surface area contributed by atoms with Gasteiger partial charge in [0.25, 0.3) is 10.0 Å². The molecule has 1 aromatic heterocycles. The fourth-order valence-electron chi connectivity index (χ4n) is 3.57. The minimum absolute atomic E-state index is 0.0381. The van der Waals surface area contributed by atoms with Crippen LogP contribution < -0.4 is 14.4 Å². The van der Waals surface area contributed by atoms with Crippen molar-refractivity contribution in [2.45, 2.75) is 18.2 Å². The second-order valence-electron chi connectivity index (χ2n) is 7.22. The molecule has 4 rings (SSSR count). The summed E-state index contributed by atoms with van der Waals surface area (Å²) in [6, 6.07) is 20.5. The number of nitrogens with zero attached hydrogens (tertiary/aromatic N) is 2. The van der Waals surface area contributed by atoms with Crippen LogP contribution in [0.5, 0.6) is 5.75 Å². The Hall–Kier alpha value is -3.85. The van der Waals surface area contributed by atoms with Gasteiger partial charge in [0.15, 0.2) is 5.58 Å². The van der Waals surface area contributed by atoms with Crippen LogP contribution in [0.3, 0.4) is 0 Å². The first-order valence-corrected chi connectivity index (χ1v) is 11.8. The van der Waals surface area contributed by atoms with Gasteiger partial charge in [-0.2, -0.15) is 0 Å². The van der Waals surface area contributed by atoms with Crippen LogP contribution >= 0.6 is 0 Å². The van der Waals surface area contributed by atoms with E-state index < -0.39 is 10.0 Å². The molecular weight excluding hydrogens is 442 g/mol. The van der Waals surface area contributed by atoms with Gasteiger partial charge in [-0.25, -0.2) is 8.42 Å². The van der Waals surface area contributed by atoms with Crippen molar-refractivity contribution < 1.29 is 22.5 Å². The van der Waals surface area contributed by atoms with Gasteiger partial charge < -0.3 is 14.6 Å². The van der Waals surface area contributed by atoms with Gasteiger partial charge in [0.05, 0.1) is 29.8 Å². The molecule has 8 nitrogen and oxygen atoms in total. The fourth-order valence-corrected chi connectivity index (χ4v) is 5.07. The number of nitrogens with one attached hydrogen (secondary N) is 1. The predicted octanol–water partition coefficient (Wildman–Crippen LogP) is 4.23. The Morgan fingerprint density at radius 2 is 1.79 bits per heavy atom. The van der Waals surface area contributed by atoms with Crippen LogP contribution in [0.2, 0.25) is 0 Å². The van der Waals surface area contributed by atoms with Gasteiger partial charge in [0, 0.05) is 11.9 Å². The minimum atomic E-state index is -3.87. The third kappa shape index (κ3) is 4.54. The van der Waals surface area contributed by atoms with Crippen LogP contribution in [0.4, 0.5) is 11.4 Å². The summed E-state index contributed by atoms with van der Waals surface area (Å²) >= 11 is 0. The summed E-state index contributed by atoms with van der Waals surface area (Å²) in [4.78, 5) is 12.8. The molecule has 0 spiro atoms. The Labute approximate surface area is 191 Å². The van der Waals surface area contributed by atoms with Crippen LogP contribution in [0.25, 0.3) is 11.0 Å². The van der Waals surface area contributed by atoms with E-state index in [1.807, 2.05) is 24.3 Å². The van der Waals surface area contributed by atoms with Gasteiger partial charge in [-0.3, -0.25) is 9.10 Å². The first-order chi connectivity index (χ1) is 15.9. The molecule has 0 aliphatic heterocycles. The molecule has 0 aliphatic rings. The highest BCUT2D eigenvalue weighted by Crippen LogP contribution is 2.31. The first kappa shape index (κ1) is 22.3. The number of hydrogen-bond acceptors (Lipinski definition) is 6. The third-order valence-corrected chi connectivity index (χ3v) is 7.04. The molecule has 170 valence electrons. The molecular formula is C24H23N3O5S. The molecule has 0 saturated carbocycles. The molecule has 9 heteroatoms. The van der Waals surface area contributed by atoms with Crippen molar-refractivity contribution in [3.05, 3.63) is 78.5 Å². The van der Waals surface area contributed by atoms with Gasteiger partial charge >= 0.3 is 0 Å². The van der Waals surface area contributed by atoms with Gasteiger partial charge in [-0.1, -0.05) is 35.5 Å². The summed E-state index contributed by atoms with van der Waals surface area (Å²) in [5, 5.41) is 7.47. The Morgan fingerprint density at radius 1 is 1.06 bits per heavy atom. The number of hydrogen-bond donors (Lipinski definition) is 1. The van der Waals surface area contributed by atoms with Crippen LogP contribution in [0, 0.1) is 0 Å². The number of sulfonamides is 1. The second kappa shape index (κ2) is 9.33. The van der Waals surface area contributed by atoms with E-state index >= 15 is 0 Å². The van der Waals surface area contributed by atoms with Crippen molar-refractivity contribution in [3.8, 4) is 5.75 Å². The minimum Gasteiger partial charge on any atom is -0.495 e. The number of ether oxygens (including phenoxy) is 1. The van der Waals surface area contributed by atoms with E-state index in [0.29, 0.717) is 22.7 Å². The topological polar surface area (TPSA) is 102 Å². The summed E-state index contributed by atoms with van der Waals surface area (Å²) in [6.07, 6.45) is -0.0394. The lowest BCUT2D eigenvalue weighted by atomic mass is 10.1. The molecule has 1 heterocycles. The predicted molar refractivity (Wildman–Crippen MR) is 126 cm³/mol. The molecule has 0 fully saturated rings. The first-order valence-electron chi connectivity index (χ1n) is 10.3. The highest BCUT2D eigenvalue weighted by atomic mass is 32.2. The normalized spacial score (nSPS) is 11.3. The van der Waals surface area contributed by atoms with Crippen LogP contribution in [0.1, 0.15) is 12.6 Å². The monoisotopic (exact) mass is 465 g/mol. The van der Waals surface area contributed by atoms with Gasteiger partial charge in [-0.05, 0) is 49.4 Å². The van der Waals surface area contributed by atoms with Crippen molar-refractivity contribution in [1.29, 1.82) is 0 Å². The zero-order valence-electron chi connectivity index (χ0n) is 18.2. The zero-order valence-corrected chi connectivity index (χ0v) is 19.0. The summed E-state index contributed by atoms with van der Waals surface area (Å²) < 4.78 is 38.6. The quantitative estimate of drug-likeness (QED) is 0.418. The van der Waals surface area contributed by atoms with E-state index in [-0.39, 0.29) is 29.5 Å². The van der Waals surface area contributed by atoms with E-state index in [2.05, 4.69) is 10.5 Å². The number of methoxy groups -OCH3 is 1. The number of rotatable bonds is 8. The molecule has 0 aliphatic carbocycles. The molecule has 0 radical (unpaired) electrons. The number of carbonyl (C=O) groups is 1. The maximum Gasteiger partial charge on any atom is 0.264 e. The molecule has 4 aromatic rings. The molecule has 0 unspecified atom stereocenters. The smallest absolute Gasteiger partial charge is 0.264 e. The molecule has 0 saturated heterocycles. The summed E-state index contributed by atoms with van der Waals surface area (Å²) in [5.74, 6) is -0.0348. The van der Waals surface area contributed by atoms with Crippen molar-refractivity contribution in [2.24, 2.45) is 0 Å². The molecule has 0 bridgehead atoms. The Kier molecular flexibility index (Phi) is 6.32. The Balaban J connectivity index is 1.62. The number of fused-ring (bicyclic) bond motifs is 1. The van der Waals surface area contributed by atoms with E-state index in [1.54, 1.807) is 37.3 Å². The average molecular weight is 466 g/mol. The maximum atomic E-state index is 13.4. The number of anilines is 2. The number of amides is 1. The maximum absolute atomic E-state index is 13.4. The third-order valence-electron chi connectivity index (χ3n) is 5.14. The largest absolute Gasteiger partial charge is 0.495 e. The molecule has 0 atom stereocenters. The van der Waals surface area contributed by atoms with Crippen molar-refractivity contribution in [3.63, 3.8) is 0 Å².